The number of nitrogens with two attached hydrogens (primary N) is 1. The summed E-state index contributed by atoms with van der Waals surface area (Å²) >= 11 is 0. The van der Waals surface area contributed by atoms with Crippen molar-refractivity contribution in [2.75, 3.05) is 5.32 Å². The zero-order valence-electron chi connectivity index (χ0n) is 11.5. The summed E-state index contributed by atoms with van der Waals surface area (Å²) in [6.07, 6.45) is 5.99. The molecule has 0 saturated heterocycles. The number of nitro groups is 1. The first-order chi connectivity index (χ1) is 10.1. The molecule has 3 rings (SSSR count). The third kappa shape index (κ3) is 2.92. The lowest BCUT2D eigenvalue weighted by atomic mass is 9.91. The molecule has 21 heavy (non-hydrogen) atoms. The Labute approximate surface area is 121 Å². The molecule has 0 spiro atoms. The molecule has 1 fully saturated rings. The van der Waals surface area contributed by atoms with Crippen LogP contribution in [0.4, 0.5) is 11.5 Å². The molecule has 1 heterocycles. The molecule has 0 radical (unpaired) electrons. The molecule has 7 heteroatoms. The van der Waals surface area contributed by atoms with Crippen LogP contribution in [0.2, 0.25) is 0 Å². The van der Waals surface area contributed by atoms with Gasteiger partial charge in [0.25, 0.3) is 5.69 Å². The zero-order valence-corrected chi connectivity index (χ0v) is 11.5. The third-order valence-electron chi connectivity index (χ3n) is 3.89. The fourth-order valence-electron chi connectivity index (χ4n) is 2.71. The molecule has 7 nitrogen and oxygen atoms in total. The number of fused-ring (bicyclic) bond motifs is 1. The molecule has 0 aliphatic heterocycles. The Morgan fingerprint density at radius 3 is 2.86 bits per heavy atom. The Morgan fingerprint density at radius 1 is 1.29 bits per heavy atom. The highest BCUT2D eigenvalue weighted by Gasteiger charge is 2.22. The standard InChI is InChI=1S/C14H17N5O2/c15-10-3-1-2-4-11(10)17-14-8-16-13-7-9(19(20)21)5-6-12(13)18-14/h5-8,10-11H,1-4,15H2,(H,17,18)/t10-,11+/m0/s1. The zero-order chi connectivity index (χ0) is 14.8. The highest BCUT2D eigenvalue weighted by molar-refractivity contribution is 5.78. The monoisotopic (exact) mass is 287 g/mol. The topological polar surface area (TPSA) is 107 Å². The highest BCUT2D eigenvalue weighted by Crippen LogP contribution is 2.22. The maximum absolute atomic E-state index is 10.7. The maximum atomic E-state index is 10.7. The van der Waals surface area contributed by atoms with Crippen LogP contribution in [0.5, 0.6) is 0 Å². The van der Waals surface area contributed by atoms with E-state index in [1.54, 1.807) is 12.3 Å². The number of nitro benzene ring substituents is 1. The van der Waals surface area contributed by atoms with E-state index in [1.165, 1.54) is 25.0 Å². The second-order valence-electron chi connectivity index (χ2n) is 5.38. The van der Waals surface area contributed by atoms with E-state index in [1.807, 2.05) is 0 Å². The van der Waals surface area contributed by atoms with E-state index in [2.05, 4.69) is 15.3 Å². The SMILES string of the molecule is N[C@H]1CCCC[C@H]1Nc1cnc2cc([N+](=O)[O-])ccc2n1. The largest absolute Gasteiger partial charge is 0.364 e. The van der Waals surface area contributed by atoms with Crippen molar-refractivity contribution >= 4 is 22.5 Å². The summed E-state index contributed by atoms with van der Waals surface area (Å²) < 4.78 is 0. The van der Waals surface area contributed by atoms with E-state index in [-0.39, 0.29) is 17.8 Å². The van der Waals surface area contributed by atoms with Crippen LogP contribution in [0.1, 0.15) is 25.7 Å². The van der Waals surface area contributed by atoms with Crippen LogP contribution >= 0.6 is 0 Å². The first kappa shape index (κ1) is 13.7. The summed E-state index contributed by atoms with van der Waals surface area (Å²) in [5, 5.41) is 14.1. The molecular weight excluding hydrogens is 270 g/mol. The van der Waals surface area contributed by atoms with Crippen molar-refractivity contribution in [3.63, 3.8) is 0 Å². The van der Waals surface area contributed by atoms with Gasteiger partial charge in [-0.05, 0) is 18.9 Å². The molecule has 0 amide bonds. The van der Waals surface area contributed by atoms with Gasteiger partial charge in [-0.2, -0.15) is 0 Å². The van der Waals surface area contributed by atoms with Crippen molar-refractivity contribution in [1.29, 1.82) is 0 Å². The van der Waals surface area contributed by atoms with Crippen LogP contribution < -0.4 is 11.1 Å². The van der Waals surface area contributed by atoms with Crippen molar-refractivity contribution in [2.24, 2.45) is 5.73 Å². The van der Waals surface area contributed by atoms with Gasteiger partial charge in [0.15, 0.2) is 0 Å². The normalized spacial score (nSPS) is 22.1. The van der Waals surface area contributed by atoms with Crippen LogP contribution in [0, 0.1) is 10.1 Å². The number of hydrogen-bond donors (Lipinski definition) is 2. The van der Waals surface area contributed by atoms with Gasteiger partial charge in [-0.1, -0.05) is 12.8 Å². The lowest BCUT2D eigenvalue weighted by molar-refractivity contribution is -0.384. The molecular formula is C14H17N5O2. The van der Waals surface area contributed by atoms with Crippen LogP contribution in [0.25, 0.3) is 11.0 Å². The Balaban J connectivity index is 1.84. The first-order valence-corrected chi connectivity index (χ1v) is 7.07. The number of nitrogens with zero attached hydrogens (tertiary/aromatic N) is 3. The smallest absolute Gasteiger partial charge is 0.271 e. The summed E-state index contributed by atoms with van der Waals surface area (Å²) in [5.74, 6) is 0.665. The predicted octanol–water partition coefficient (Wildman–Crippen LogP) is 2.22. The van der Waals surface area contributed by atoms with Gasteiger partial charge in [-0.25, -0.2) is 4.98 Å². The van der Waals surface area contributed by atoms with Crippen molar-refractivity contribution in [1.82, 2.24) is 9.97 Å². The third-order valence-corrected chi connectivity index (χ3v) is 3.89. The van der Waals surface area contributed by atoms with E-state index in [9.17, 15) is 10.1 Å². The Hall–Kier alpha value is -2.28. The fraction of sp³-hybridized carbons (Fsp3) is 0.429. The summed E-state index contributed by atoms with van der Waals surface area (Å²) in [5.41, 5.74) is 7.28. The number of benzene rings is 1. The molecule has 0 bridgehead atoms. The van der Waals surface area contributed by atoms with Crippen LogP contribution in [-0.4, -0.2) is 27.0 Å². The number of hydrogen-bond acceptors (Lipinski definition) is 6. The van der Waals surface area contributed by atoms with E-state index >= 15 is 0 Å². The summed E-state index contributed by atoms with van der Waals surface area (Å²) in [6, 6.07) is 4.83. The van der Waals surface area contributed by atoms with Gasteiger partial charge >= 0.3 is 0 Å². The van der Waals surface area contributed by atoms with E-state index in [4.69, 9.17) is 5.73 Å². The van der Waals surface area contributed by atoms with Gasteiger partial charge in [0.05, 0.1) is 22.2 Å². The molecule has 1 aliphatic rings. The van der Waals surface area contributed by atoms with Gasteiger partial charge in [-0.15, -0.1) is 0 Å². The van der Waals surface area contributed by atoms with Crippen LogP contribution in [0.15, 0.2) is 24.4 Å². The average Bonchev–Trinajstić information content (AvgIpc) is 2.49. The molecule has 3 N–H and O–H groups in total. The fourth-order valence-corrected chi connectivity index (χ4v) is 2.71. The maximum Gasteiger partial charge on any atom is 0.271 e. The van der Waals surface area contributed by atoms with Crippen LogP contribution in [-0.2, 0) is 0 Å². The minimum absolute atomic E-state index is 0.0202. The summed E-state index contributed by atoms with van der Waals surface area (Å²) in [4.78, 5) is 19.0. The van der Waals surface area contributed by atoms with E-state index in [0.717, 1.165) is 12.8 Å². The molecule has 2 aromatic rings. The molecule has 1 aromatic carbocycles. The first-order valence-electron chi connectivity index (χ1n) is 7.07. The minimum atomic E-state index is -0.436. The quantitative estimate of drug-likeness (QED) is 0.662. The summed E-state index contributed by atoms with van der Waals surface area (Å²) in [6.45, 7) is 0. The number of anilines is 1. The Morgan fingerprint density at radius 2 is 2.10 bits per heavy atom. The number of aromatic nitrogens is 2. The van der Waals surface area contributed by atoms with E-state index in [0.29, 0.717) is 16.9 Å². The van der Waals surface area contributed by atoms with Gasteiger partial charge in [0.2, 0.25) is 0 Å². The predicted molar refractivity (Wildman–Crippen MR) is 80.0 cm³/mol. The van der Waals surface area contributed by atoms with Crippen molar-refractivity contribution in [3.8, 4) is 0 Å². The van der Waals surface area contributed by atoms with Crippen molar-refractivity contribution in [3.05, 3.63) is 34.5 Å². The molecule has 0 unspecified atom stereocenters. The second kappa shape index (κ2) is 5.61. The number of rotatable bonds is 3. The summed E-state index contributed by atoms with van der Waals surface area (Å²) in [7, 11) is 0. The van der Waals surface area contributed by atoms with Gasteiger partial charge in [0.1, 0.15) is 5.82 Å². The number of non-ortho nitro benzene ring substituents is 1. The van der Waals surface area contributed by atoms with Crippen molar-refractivity contribution < 1.29 is 4.92 Å². The van der Waals surface area contributed by atoms with E-state index < -0.39 is 4.92 Å². The molecule has 2 atom stereocenters. The highest BCUT2D eigenvalue weighted by atomic mass is 16.6. The Bertz CT molecular complexity index is 675. The van der Waals surface area contributed by atoms with Crippen LogP contribution in [0.3, 0.4) is 0 Å². The molecule has 1 aromatic heterocycles. The average molecular weight is 287 g/mol. The van der Waals surface area contributed by atoms with Gasteiger partial charge in [0, 0.05) is 24.2 Å². The molecule has 1 saturated carbocycles. The molecule has 110 valence electrons. The second-order valence-corrected chi connectivity index (χ2v) is 5.38. The lowest BCUT2D eigenvalue weighted by Crippen LogP contribution is -2.42. The molecule has 1 aliphatic carbocycles. The van der Waals surface area contributed by atoms with Gasteiger partial charge < -0.3 is 11.1 Å². The van der Waals surface area contributed by atoms with Gasteiger partial charge in [-0.3, -0.25) is 15.1 Å². The minimum Gasteiger partial charge on any atom is -0.364 e. The number of nitrogens with one attached hydrogen (secondary N) is 1. The Kier molecular flexibility index (Phi) is 3.66. The lowest BCUT2D eigenvalue weighted by Gasteiger charge is -2.29. The van der Waals surface area contributed by atoms with Crippen molar-refractivity contribution in [2.45, 2.75) is 37.8 Å².